The number of nitrogens with one attached hydrogen (secondary N) is 2. The lowest BCUT2D eigenvalue weighted by atomic mass is 9.99. The molecule has 0 aliphatic carbocycles. The van der Waals surface area contributed by atoms with Gasteiger partial charge in [0.25, 0.3) is 0 Å². The molecule has 0 unspecified atom stereocenters. The van der Waals surface area contributed by atoms with Gasteiger partial charge in [-0.3, -0.25) is 10.1 Å². The molecule has 4 rings (SSSR count). The Morgan fingerprint density at radius 1 is 1.12 bits per heavy atom. The minimum absolute atomic E-state index is 0.209. The van der Waals surface area contributed by atoms with Gasteiger partial charge in [-0.2, -0.15) is 5.10 Å². The van der Waals surface area contributed by atoms with Crippen LogP contribution in [0.4, 0.5) is 5.69 Å². The van der Waals surface area contributed by atoms with E-state index in [2.05, 4.69) is 20.5 Å². The SMILES string of the molecule is CS(=O)(=O)c1cc2c(c3cn[nH]c13)NC=CN=C2c1ccccc1. The Labute approximate surface area is 138 Å². The molecule has 0 saturated heterocycles. The smallest absolute Gasteiger partial charge is 0.177 e. The molecule has 0 amide bonds. The Hall–Kier alpha value is -2.93. The van der Waals surface area contributed by atoms with Gasteiger partial charge in [0.2, 0.25) is 0 Å². The zero-order valence-electron chi connectivity index (χ0n) is 12.8. The summed E-state index contributed by atoms with van der Waals surface area (Å²) in [7, 11) is -3.42. The molecule has 0 atom stereocenters. The second-order valence-corrected chi connectivity index (χ2v) is 7.52. The zero-order valence-corrected chi connectivity index (χ0v) is 13.6. The van der Waals surface area contributed by atoms with E-state index >= 15 is 0 Å². The largest absolute Gasteiger partial charge is 0.359 e. The average molecular weight is 338 g/mol. The van der Waals surface area contributed by atoms with Crippen molar-refractivity contribution < 1.29 is 8.42 Å². The van der Waals surface area contributed by atoms with Gasteiger partial charge in [0, 0.05) is 35.2 Å². The number of anilines is 1. The number of nitrogens with zero attached hydrogens (tertiary/aromatic N) is 2. The molecule has 0 fully saturated rings. The third kappa shape index (κ3) is 2.30. The first kappa shape index (κ1) is 14.6. The summed E-state index contributed by atoms with van der Waals surface area (Å²) in [5.41, 5.74) is 3.61. The topological polar surface area (TPSA) is 87.2 Å². The molecule has 0 radical (unpaired) electrons. The molecular formula is C17H14N4O2S. The summed E-state index contributed by atoms with van der Waals surface area (Å²) >= 11 is 0. The fourth-order valence-corrected chi connectivity index (χ4v) is 3.71. The first-order chi connectivity index (χ1) is 11.6. The molecule has 0 spiro atoms. The summed E-state index contributed by atoms with van der Waals surface area (Å²) in [4.78, 5) is 4.71. The normalized spacial score (nSPS) is 14.0. The Balaban J connectivity index is 2.09. The van der Waals surface area contributed by atoms with Gasteiger partial charge in [-0.1, -0.05) is 30.3 Å². The van der Waals surface area contributed by atoms with Crippen molar-refractivity contribution in [1.82, 2.24) is 10.2 Å². The van der Waals surface area contributed by atoms with Crippen molar-refractivity contribution in [3.8, 4) is 0 Å². The lowest BCUT2D eigenvalue weighted by Crippen LogP contribution is -2.08. The number of aromatic amines is 1. The van der Waals surface area contributed by atoms with Crippen molar-refractivity contribution in [1.29, 1.82) is 0 Å². The molecule has 24 heavy (non-hydrogen) atoms. The Morgan fingerprint density at radius 2 is 1.92 bits per heavy atom. The van der Waals surface area contributed by atoms with Crippen LogP contribution in [0.25, 0.3) is 10.9 Å². The second-order valence-electron chi connectivity index (χ2n) is 5.53. The van der Waals surface area contributed by atoms with Crippen molar-refractivity contribution in [3.63, 3.8) is 0 Å². The van der Waals surface area contributed by atoms with E-state index in [1.54, 1.807) is 24.7 Å². The number of benzene rings is 2. The maximum Gasteiger partial charge on any atom is 0.177 e. The van der Waals surface area contributed by atoms with Gasteiger partial charge in [-0.05, 0) is 6.07 Å². The number of aliphatic imine (C=N–C) groups is 1. The quantitative estimate of drug-likeness (QED) is 0.752. The number of hydrogen-bond donors (Lipinski definition) is 2. The van der Waals surface area contributed by atoms with Crippen LogP contribution < -0.4 is 5.32 Å². The van der Waals surface area contributed by atoms with E-state index in [0.29, 0.717) is 16.6 Å². The first-order valence-corrected chi connectivity index (χ1v) is 9.20. The van der Waals surface area contributed by atoms with E-state index in [4.69, 9.17) is 0 Å². The van der Waals surface area contributed by atoms with Crippen LogP contribution in [0, 0.1) is 0 Å². The number of aromatic nitrogens is 2. The average Bonchev–Trinajstić information content (AvgIpc) is 2.94. The fraction of sp³-hybridized carbons (Fsp3) is 0.0588. The molecule has 2 aromatic carbocycles. The summed E-state index contributed by atoms with van der Waals surface area (Å²) in [5, 5.41) is 10.7. The van der Waals surface area contributed by atoms with Gasteiger partial charge in [0.1, 0.15) is 0 Å². The Kier molecular flexibility index (Phi) is 3.24. The number of H-pyrrole nitrogens is 1. The zero-order chi connectivity index (χ0) is 16.7. The molecule has 2 heterocycles. The highest BCUT2D eigenvalue weighted by molar-refractivity contribution is 7.91. The number of fused-ring (bicyclic) bond motifs is 3. The van der Waals surface area contributed by atoms with E-state index in [-0.39, 0.29) is 4.90 Å². The van der Waals surface area contributed by atoms with Crippen LogP contribution >= 0.6 is 0 Å². The summed E-state index contributed by atoms with van der Waals surface area (Å²) in [5.74, 6) is 0. The third-order valence-corrected chi connectivity index (χ3v) is 5.03. The standard InChI is InChI=1S/C17H14N4O2S/c1-24(22,23)14-9-12-15(11-5-3-2-4-6-11)18-7-8-19-16(12)13-10-20-21-17(13)14/h2-10,19H,1H3,(H,20,21). The molecular weight excluding hydrogens is 324 g/mol. The van der Waals surface area contributed by atoms with Crippen LogP contribution in [0.2, 0.25) is 0 Å². The highest BCUT2D eigenvalue weighted by Crippen LogP contribution is 2.34. The van der Waals surface area contributed by atoms with Crippen LogP contribution in [-0.2, 0) is 9.84 Å². The number of sulfone groups is 1. The molecule has 6 nitrogen and oxygen atoms in total. The molecule has 1 aliphatic rings. The minimum atomic E-state index is -3.42. The molecule has 7 heteroatoms. The van der Waals surface area contributed by atoms with Crippen LogP contribution in [-0.4, -0.2) is 30.6 Å². The van der Waals surface area contributed by atoms with Gasteiger partial charge in [0.05, 0.1) is 28.0 Å². The molecule has 2 N–H and O–H groups in total. The summed E-state index contributed by atoms with van der Waals surface area (Å²) in [6.45, 7) is 0. The van der Waals surface area contributed by atoms with Gasteiger partial charge in [0.15, 0.2) is 9.84 Å². The lowest BCUT2D eigenvalue weighted by molar-refractivity contribution is 0.602. The molecule has 3 aromatic rings. The van der Waals surface area contributed by atoms with Crippen LogP contribution in [0.3, 0.4) is 0 Å². The summed E-state index contributed by atoms with van der Waals surface area (Å²) < 4.78 is 24.5. The van der Waals surface area contributed by atoms with E-state index in [9.17, 15) is 8.42 Å². The van der Waals surface area contributed by atoms with Crippen molar-refractivity contribution in [2.45, 2.75) is 4.90 Å². The summed E-state index contributed by atoms with van der Waals surface area (Å²) in [6.07, 6.45) is 6.20. The van der Waals surface area contributed by atoms with Crippen molar-refractivity contribution in [2.75, 3.05) is 11.6 Å². The van der Waals surface area contributed by atoms with Crippen molar-refractivity contribution in [2.24, 2.45) is 4.99 Å². The summed E-state index contributed by atoms with van der Waals surface area (Å²) in [6, 6.07) is 11.3. The predicted molar refractivity (Wildman–Crippen MR) is 94.0 cm³/mol. The third-order valence-electron chi connectivity index (χ3n) is 3.91. The van der Waals surface area contributed by atoms with Crippen LogP contribution in [0.15, 0.2) is 64.9 Å². The maximum atomic E-state index is 12.2. The number of hydrogen-bond acceptors (Lipinski definition) is 5. The molecule has 120 valence electrons. The molecule has 0 bridgehead atoms. The minimum Gasteiger partial charge on any atom is -0.359 e. The fourth-order valence-electron chi connectivity index (χ4n) is 2.85. The Morgan fingerprint density at radius 3 is 2.67 bits per heavy atom. The highest BCUT2D eigenvalue weighted by Gasteiger charge is 2.23. The predicted octanol–water partition coefficient (Wildman–Crippen LogP) is 2.70. The van der Waals surface area contributed by atoms with Crippen LogP contribution in [0.1, 0.15) is 11.1 Å². The second kappa shape index (κ2) is 5.31. The van der Waals surface area contributed by atoms with E-state index in [1.165, 1.54) is 6.26 Å². The van der Waals surface area contributed by atoms with E-state index in [0.717, 1.165) is 16.8 Å². The van der Waals surface area contributed by atoms with Gasteiger partial charge in [-0.15, -0.1) is 0 Å². The number of rotatable bonds is 2. The molecule has 1 aromatic heterocycles. The maximum absolute atomic E-state index is 12.2. The lowest BCUT2D eigenvalue weighted by Gasteiger charge is -2.13. The van der Waals surface area contributed by atoms with Crippen molar-refractivity contribution >= 4 is 32.1 Å². The Bertz CT molecular complexity index is 1100. The highest BCUT2D eigenvalue weighted by atomic mass is 32.2. The van der Waals surface area contributed by atoms with Crippen molar-refractivity contribution in [3.05, 3.63) is 66.1 Å². The van der Waals surface area contributed by atoms with Gasteiger partial charge >= 0.3 is 0 Å². The van der Waals surface area contributed by atoms with Gasteiger partial charge in [-0.25, -0.2) is 8.42 Å². The molecule has 0 saturated carbocycles. The molecule has 1 aliphatic heterocycles. The van der Waals surface area contributed by atoms with E-state index < -0.39 is 9.84 Å². The monoisotopic (exact) mass is 338 g/mol. The van der Waals surface area contributed by atoms with Crippen LogP contribution in [0.5, 0.6) is 0 Å². The first-order valence-electron chi connectivity index (χ1n) is 7.31. The van der Waals surface area contributed by atoms with Gasteiger partial charge < -0.3 is 5.32 Å². The van der Waals surface area contributed by atoms with E-state index in [1.807, 2.05) is 30.3 Å².